The lowest BCUT2D eigenvalue weighted by Crippen LogP contribution is -2.17. The van der Waals surface area contributed by atoms with Gasteiger partial charge in [0.05, 0.1) is 17.5 Å². The molecule has 0 radical (unpaired) electrons. The summed E-state index contributed by atoms with van der Waals surface area (Å²) in [6.45, 7) is -0.975. The molecule has 7 nitrogen and oxygen atoms in total. The minimum Gasteiger partial charge on any atom is -0.326 e. The minimum absolute atomic E-state index is 0.108. The van der Waals surface area contributed by atoms with E-state index in [9.17, 15) is 22.0 Å². The molecule has 1 amide bonds. The van der Waals surface area contributed by atoms with Crippen LogP contribution in [0.4, 0.5) is 14.5 Å². The molecule has 10 heteroatoms. The second kappa shape index (κ2) is 8.10. The third-order valence-electron chi connectivity index (χ3n) is 4.30. The number of sulfonamides is 1. The number of nitrogens with two attached hydrogens (primary N) is 1. The lowest BCUT2D eigenvalue weighted by atomic mass is 10.1. The minimum atomic E-state index is -4.19. The molecule has 0 aliphatic carbocycles. The van der Waals surface area contributed by atoms with Crippen molar-refractivity contribution in [2.45, 2.75) is 24.8 Å². The predicted molar refractivity (Wildman–Crippen MR) is 104 cm³/mol. The average molecular weight is 420 g/mol. The number of nitrogens with zero attached hydrogens (tertiary/aromatic N) is 2. The van der Waals surface area contributed by atoms with Gasteiger partial charge in [0.15, 0.2) is 0 Å². The van der Waals surface area contributed by atoms with Crippen LogP contribution in [0, 0.1) is 6.92 Å². The van der Waals surface area contributed by atoms with Gasteiger partial charge >= 0.3 is 6.55 Å². The van der Waals surface area contributed by atoms with E-state index < -0.39 is 16.6 Å². The Hall–Kier alpha value is -3.11. The van der Waals surface area contributed by atoms with Gasteiger partial charge in [-0.2, -0.15) is 13.9 Å². The first-order chi connectivity index (χ1) is 13.6. The first kappa shape index (κ1) is 20.6. The number of anilines is 1. The molecule has 0 aliphatic rings. The van der Waals surface area contributed by atoms with Gasteiger partial charge in [0.2, 0.25) is 15.9 Å². The third-order valence-corrected chi connectivity index (χ3v) is 5.25. The highest BCUT2D eigenvalue weighted by Crippen LogP contribution is 2.30. The van der Waals surface area contributed by atoms with E-state index in [2.05, 4.69) is 10.4 Å². The van der Waals surface area contributed by atoms with Crippen molar-refractivity contribution in [2.75, 3.05) is 5.32 Å². The number of carbonyl (C=O) groups excluding carboxylic acids is 1. The van der Waals surface area contributed by atoms with E-state index in [0.717, 1.165) is 23.5 Å². The molecule has 29 heavy (non-hydrogen) atoms. The van der Waals surface area contributed by atoms with E-state index in [1.165, 1.54) is 18.2 Å². The third kappa shape index (κ3) is 4.84. The van der Waals surface area contributed by atoms with E-state index in [1.54, 1.807) is 0 Å². The molecule has 2 aromatic carbocycles. The summed E-state index contributed by atoms with van der Waals surface area (Å²) in [5, 5.41) is 11.4. The van der Waals surface area contributed by atoms with Crippen LogP contribution in [0.15, 0.2) is 59.8 Å². The highest BCUT2D eigenvalue weighted by atomic mass is 32.2. The van der Waals surface area contributed by atoms with Gasteiger partial charge in [-0.3, -0.25) is 4.79 Å². The van der Waals surface area contributed by atoms with E-state index in [4.69, 9.17) is 5.14 Å². The number of nitrogens with one attached hydrogen (secondary N) is 1. The number of aryl methyl sites for hydroxylation is 1. The Bertz CT molecular complexity index is 1160. The van der Waals surface area contributed by atoms with E-state index in [1.807, 2.05) is 31.2 Å². The number of halogens is 2. The van der Waals surface area contributed by atoms with Gasteiger partial charge in [0.25, 0.3) is 0 Å². The Labute approximate surface area is 166 Å². The SMILES string of the molecule is Cc1ccccc1CC(=O)Nc1ccc(-c2cnn(C(F)F)c2)c(S(N)(=O)=O)c1. The van der Waals surface area contributed by atoms with Crippen LogP contribution in [-0.4, -0.2) is 24.1 Å². The largest absolute Gasteiger partial charge is 0.333 e. The molecule has 0 saturated heterocycles. The Kier molecular flexibility index (Phi) is 5.76. The maximum atomic E-state index is 12.8. The fourth-order valence-corrected chi connectivity index (χ4v) is 3.63. The maximum Gasteiger partial charge on any atom is 0.333 e. The molecule has 3 N–H and O–H groups in total. The second-order valence-electron chi connectivity index (χ2n) is 6.39. The van der Waals surface area contributed by atoms with Crippen molar-refractivity contribution >= 4 is 21.6 Å². The number of carbonyl (C=O) groups is 1. The average Bonchev–Trinajstić information content (AvgIpc) is 3.13. The zero-order valence-electron chi connectivity index (χ0n) is 15.3. The molecule has 0 saturated carbocycles. The molecule has 3 rings (SSSR count). The van der Waals surface area contributed by atoms with Crippen molar-refractivity contribution in [3.63, 3.8) is 0 Å². The zero-order chi connectivity index (χ0) is 21.2. The van der Waals surface area contributed by atoms with Gasteiger partial charge in [0, 0.05) is 23.0 Å². The van der Waals surface area contributed by atoms with Crippen LogP contribution < -0.4 is 10.5 Å². The van der Waals surface area contributed by atoms with Gasteiger partial charge in [-0.15, -0.1) is 0 Å². The maximum absolute atomic E-state index is 12.8. The van der Waals surface area contributed by atoms with E-state index >= 15 is 0 Å². The molecule has 0 bridgehead atoms. The highest BCUT2D eigenvalue weighted by Gasteiger charge is 2.19. The van der Waals surface area contributed by atoms with Crippen LogP contribution in [0.1, 0.15) is 17.7 Å². The first-order valence-electron chi connectivity index (χ1n) is 8.49. The molecule has 0 atom stereocenters. The van der Waals surface area contributed by atoms with E-state index in [0.29, 0.717) is 4.68 Å². The summed E-state index contributed by atoms with van der Waals surface area (Å²) in [5.74, 6) is -0.335. The lowest BCUT2D eigenvalue weighted by Gasteiger charge is -2.11. The van der Waals surface area contributed by atoms with Crippen LogP contribution >= 0.6 is 0 Å². The monoisotopic (exact) mass is 420 g/mol. The Balaban J connectivity index is 1.89. The summed E-state index contributed by atoms with van der Waals surface area (Å²) in [7, 11) is -4.19. The van der Waals surface area contributed by atoms with Crippen LogP contribution in [0.2, 0.25) is 0 Å². The molecule has 0 aliphatic heterocycles. The van der Waals surface area contributed by atoms with Gasteiger partial charge in [0.1, 0.15) is 0 Å². The van der Waals surface area contributed by atoms with Crippen molar-refractivity contribution < 1.29 is 22.0 Å². The lowest BCUT2D eigenvalue weighted by molar-refractivity contribution is -0.115. The number of primary sulfonamides is 1. The number of hydrogen-bond donors (Lipinski definition) is 2. The normalized spacial score (nSPS) is 11.6. The molecule has 152 valence electrons. The number of hydrogen-bond acceptors (Lipinski definition) is 4. The highest BCUT2D eigenvalue weighted by molar-refractivity contribution is 7.89. The van der Waals surface area contributed by atoms with Crippen molar-refractivity contribution in [1.82, 2.24) is 9.78 Å². The zero-order valence-corrected chi connectivity index (χ0v) is 16.2. The van der Waals surface area contributed by atoms with Crippen molar-refractivity contribution in [3.8, 4) is 11.1 Å². The van der Waals surface area contributed by atoms with Crippen LogP contribution in [0.3, 0.4) is 0 Å². The summed E-state index contributed by atoms with van der Waals surface area (Å²) in [5.41, 5.74) is 2.29. The van der Waals surface area contributed by atoms with Crippen molar-refractivity contribution in [3.05, 3.63) is 66.0 Å². The summed E-state index contributed by atoms with van der Waals surface area (Å²) in [4.78, 5) is 12.0. The molecule has 3 aromatic rings. The first-order valence-corrected chi connectivity index (χ1v) is 10.0. The number of rotatable bonds is 6. The smallest absolute Gasteiger partial charge is 0.326 e. The van der Waals surface area contributed by atoms with Crippen LogP contribution in [0.25, 0.3) is 11.1 Å². The number of alkyl halides is 2. The Morgan fingerprint density at radius 3 is 2.59 bits per heavy atom. The number of amides is 1. The summed E-state index contributed by atoms with van der Waals surface area (Å²) in [6, 6.07) is 11.5. The standard InChI is InChI=1S/C19H18F2N4O3S/c1-12-4-2-3-5-13(12)8-18(26)24-15-6-7-16(17(9-15)29(22,27)28)14-10-23-25(11-14)19(20)21/h2-7,9-11,19H,8H2,1H3,(H,24,26)(H2,22,27,28). The molecule has 1 heterocycles. The molecule has 0 fully saturated rings. The molecule has 0 spiro atoms. The quantitative estimate of drug-likeness (QED) is 0.639. The fourth-order valence-electron chi connectivity index (χ4n) is 2.84. The summed E-state index contributed by atoms with van der Waals surface area (Å²) >= 11 is 0. The van der Waals surface area contributed by atoms with Gasteiger partial charge in [-0.1, -0.05) is 30.3 Å². The fraction of sp³-hybridized carbons (Fsp3) is 0.158. The number of benzene rings is 2. The molecular weight excluding hydrogens is 402 g/mol. The van der Waals surface area contributed by atoms with Crippen LogP contribution in [-0.2, 0) is 21.2 Å². The van der Waals surface area contributed by atoms with Gasteiger partial charge < -0.3 is 5.32 Å². The summed E-state index contributed by atoms with van der Waals surface area (Å²) in [6.07, 6.45) is 2.25. The predicted octanol–water partition coefficient (Wildman–Crippen LogP) is 3.08. The van der Waals surface area contributed by atoms with Gasteiger partial charge in [-0.05, 0) is 30.2 Å². The van der Waals surface area contributed by atoms with Crippen molar-refractivity contribution in [2.24, 2.45) is 5.14 Å². The summed E-state index contributed by atoms with van der Waals surface area (Å²) < 4.78 is 50.0. The van der Waals surface area contributed by atoms with E-state index in [-0.39, 0.29) is 34.0 Å². The number of aromatic nitrogens is 2. The molecule has 0 unspecified atom stereocenters. The molecule has 1 aromatic heterocycles. The van der Waals surface area contributed by atoms with Crippen LogP contribution in [0.5, 0.6) is 0 Å². The molecular formula is C19H18F2N4O3S. The Morgan fingerprint density at radius 1 is 1.24 bits per heavy atom. The van der Waals surface area contributed by atoms with Gasteiger partial charge in [-0.25, -0.2) is 18.2 Å². The topological polar surface area (TPSA) is 107 Å². The van der Waals surface area contributed by atoms with Crippen molar-refractivity contribution in [1.29, 1.82) is 0 Å². The Morgan fingerprint density at radius 2 is 1.97 bits per heavy atom. The second-order valence-corrected chi connectivity index (χ2v) is 7.92.